The second kappa shape index (κ2) is 6.73. The van der Waals surface area contributed by atoms with Gasteiger partial charge < -0.3 is 9.15 Å². The molecule has 1 rings (SSSR count). The monoisotopic (exact) mass is 267 g/mol. The van der Waals surface area contributed by atoms with Crippen molar-refractivity contribution in [3.63, 3.8) is 0 Å². The molecule has 0 aliphatic heterocycles. The minimum Gasteiger partial charge on any atom is -0.405 e. The molecule has 10 heteroatoms. The van der Waals surface area contributed by atoms with E-state index in [2.05, 4.69) is 14.7 Å². The first kappa shape index (κ1) is 14.1. The van der Waals surface area contributed by atoms with E-state index < -0.39 is 24.8 Å². The molecule has 19 heavy (non-hydrogen) atoms. The van der Waals surface area contributed by atoms with Gasteiger partial charge in [0.05, 0.1) is 0 Å². The zero-order valence-corrected chi connectivity index (χ0v) is 9.90. The third-order valence-electron chi connectivity index (χ3n) is 1.92. The number of carbonyl (C=O) groups excluding carboxylic acids is 1. The summed E-state index contributed by atoms with van der Waals surface area (Å²) in [6.07, 6.45) is 2.57. The Bertz CT molecular complexity index is 712. The standard InChI is InChI=1S/C9H9N5O5/c1-2-12-7-14(6-18-3-10)8(16)13(4-11-5-15)9(17)19-7/h2,4,6H2,1H3. The van der Waals surface area contributed by atoms with Gasteiger partial charge in [-0.1, -0.05) is 0 Å². The highest BCUT2D eigenvalue weighted by Crippen LogP contribution is 1.78. The number of aromatic nitrogens is 2. The third kappa shape index (κ3) is 3.27. The molecule has 1 aromatic heterocycles. The topological polar surface area (TPSA) is 132 Å². The predicted molar refractivity (Wildman–Crippen MR) is 58.2 cm³/mol. The van der Waals surface area contributed by atoms with Crippen LogP contribution in [0, 0.1) is 11.5 Å². The lowest BCUT2D eigenvalue weighted by Crippen LogP contribution is -2.47. The van der Waals surface area contributed by atoms with Crippen molar-refractivity contribution in [1.82, 2.24) is 9.13 Å². The maximum Gasteiger partial charge on any atom is 0.427 e. The first-order chi connectivity index (χ1) is 9.15. The van der Waals surface area contributed by atoms with Gasteiger partial charge in [0.15, 0.2) is 6.73 Å². The Morgan fingerprint density at radius 2 is 2.16 bits per heavy atom. The van der Waals surface area contributed by atoms with Crippen LogP contribution in [0.4, 0.5) is 0 Å². The van der Waals surface area contributed by atoms with E-state index in [0.29, 0.717) is 4.57 Å². The van der Waals surface area contributed by atoms with Crippen molar-refractivity contribution in [2.75, 3.05) is 6.54 Å². The Morgan fingerprint density at radius 1 is 1.42 bits per heavy atom. The van der Waals surface area contributed by atoms with Crippen molar-refractivity contribution >= 4 is 6.08 Å². The highest BCUT2D eigenvalue weighted by Gasteiger charge is 2.10. The van der Waals surface area contributed by atoms with E-state index in [0.717, 1.165) is 4.57 Å². The van der Waals surface area contributed by atoms with Gasteiger partial charge in [-0.15, -0.1) is 0 Å². The molecule has 1 heterocycles. The summed E-state index contributed by atoms with van der Waals surface area (Å²) in [5.74, 6) is -1.02. The normalized spacial score (nSPS) is 10.6. The number of hydrogen-bond acceptors (Lipinski definition) is 8. The van der Waals surface area contributed by atoms with Crippen LogP contribution in [0.25, 0.3) is 0 Å². The second-order valence-electron chi connectivity index (χ2n) is 3.02. The minimum absolute atomic E-state index is 0.255. The Balaban J connectivity index is 3.52. The summed E-state index contributed by atoms with van der Waals surface area (Å²) in [6, 6.07) is 0. The van der Waals surface area contributed by atoms with E-state index in [-0.39, 0.29) is 12.2 Å². The van der Waals surface area contributed by atoms with E-state index in [1.165, 1.54) is 12.3 Å². The Labute approximate surface area is 105 Å². The number of aliphatic imine (C=N–C) groups is 1. The lowest BCUT2D eigenvalue weighted by molar-refractivity contribution is 0.156. The van der Waals surface area contributed by atoms with Gasteiger partial charge in [0.2, 0.25) is 6.08 Å². The maximum absolute atomic E-state index is 11.9. The van der Waals surface area contributed by atoms with Crippen LogP contribution in [-0.4, -0.2) is 21.8 Å². The van der Waals surface area contributed by atoms with E-state index >= 15 is 0 Å². The van der Waals surface area contributed by atoms with E-state index in [1.807, 2.05) is 0 Å². The summed E-state index contributed by atoms with van der Waals surface area (Å²) in [7, 11) is 0. The van der Waals surface area contributed by atoms with Crippen LogP contribution < -0.4 is 17.1 Å². The minimum atomic E-state index is -1.02. The smallest absolute Gasteiger partial charge is 0.405 e. The van der Waals surface area contributed by atoms with Crippen LogP contribution in [0.3, 0.4) is 0 Å². The van der Waals surface area contributed by atoms with Crippen LogP contribution in [-0.2, 0) is 22.9 Å². The molecule has 0 radical (unpaired) electrons. The number of rotatable bonds is 5. The summed E-state index contributed by atoms with van der Waals surface area (Å²) in [4.78, 5) is 40.3. The first-order valence-electron chi connectivity index (χ1n) is 5.05. The van der Waals surface area contributed by atoms with Gasteiger partial charge in [-0.3, -0.25) is 0 Å². The Morgan fingerprint density at radius 3 is 2.74 bits per heavy atom. The van der Waals surface area contributed by atoms with Crippen molar-refractivity contribution in [3.8, 4) is 6.26 Å². The molecule has 0 unspecified atom stereocenters. The maximum atomic E-state index is 11.9. The SMILES string of the molecule is CCN=c1oc(=O)n(CN=C=O)c(=O)n1COC#N. The fraction of sp³-hybridized carbons (Fsp3) is 0.444. The molecule has 0 aliphatic rings. The zero-order chi connectivity index (χ0) is 14.3. The largest absolute Gasteiger partial charge is 0.427 e. The summed E-state index contributed by atoms with van der Waals surface area (Å²) < 4.78 is 10.6. The van der Waals surface area contributed by atoms with Gasteiger partial charge in [0, 0.05) is 6.54 Å². The van der Waals surface area contributed by atoms with Gasteiger partial charge >= 0.3 is 17.1 Å². The van der Waals surface area contributed by atoms with Crippen LogP contribution in [0.1, 0.15) is 6.92 Å². The summed E-state index contributed by atoms with van der Waals surface area (Å²) >= 11 is 0. The highest BCUT2D eigenvalue weighted by atomic mass is 16.5. The van der Waals surface area contributed by atoms with Crippen molar-refractivity contribution in [3.05, 3.63) is 26.7 Å². The quantitative estimate of drug-likeness (QED) is 0.354. The van der Waals surface area contributed by atoms with Crippen molar-refractivity contribution in [1.29, 1.82) is 5.26 Å². The highest BCUT2D eigenvalue weighted by molar-refractivity contribution is 5.32. The molecular weight excluding hydrogens is 258 g/mol. The number of nitriles is 1. The summed E-state index contributed by atoms with van der Waals surface area (Å²) in [5, 5.41) is 8.32. The molecule has 10 nitrogen and oxygen atoms in total. The zero-order valence-electron chi connectivity index (χ0n) is 9.90. The van der Waals surface area contributed by atoms with Crippen molar-refractivity contribution < 1.29 is 13.9 Å². The predicted octanol–water partition coefficient (Wildman–Crippen LogP) is -1.73. The lowest BCUT2D eigenvalue weighted by Gasteiger charge is -2.05. The van der Waals surface area contributed by atoms with Gasteiger partial charge in [-0.25, -0.2) is 28.5 Å². The van der Waals surface area contributed by atoms with E-state index in [4.69, 9.17) is 9.68 Å². The molecule has 0 atom stereocenters. The molecule has 100 valence electrons. The van der Waals surface area contributed by atoms with Crippen molar-refractivity contribution in [2.24, 2.45) is 9.98 Å². The Hall–Kier alpha value is -2.92. The number of isocyanates is 1. The Kier molecular flexibility index (Phi) is 5.01. The molecule has 0 fully saturated rings. The number of nitrogens with zero attached hydrogens (tertiary/aromatic N) is 5. The molecule has 0 amide bonds. The molecule has 0 bridgehead atoms. The van der Waals surface area contributed by atoms with E-state index in [1.54, 1.807) is 6.92 Å². The molecule has 0 aromatic carbocycles. The molecule has 0 aliphatic carbocycles. The van der Waals surface area contributed by atoms with Crippen molar-refractivity contribution in [2.45, 2.75) is 20.3 Å². The average Bonchev–Trinajstić information content (AvgIpc) is 2.38. The van der Waals surface area contributed by atoms with Gasteiger partial charge in [0.1, 0.15) is 6.67 Å². The van der Waals surface area contributed by atoms with Crippen LogP contribution in [0.15, 0.2) is 24.0 Å². The summed E-state index contributed by atoms with van der Waals surface area (Å²) in [5.41, 5.74) is -1.14. The van der Waals surface area contributed by atoms with Gasteiger partial charge in [0.25, 0.3) is 6.26 Å². The fourth-order valence-corrected chi connectivity index (χ4v) is 1.17. The number of hydrogen-bond donors (Lipinski definition) is 0. The van der Waals surface area contributed by atoms with Crippen LogP contribution >= 0.6 is 0 Å². The molecule has 0 N–H and O–H groups in total. The summed E-state index contributed by atoms with van der Waals surface area (Å²) in [6.45, 7) is 0.912. The average molecular weight is 267 g/mol. The van der Waals surface area contributed by atoms with Crippen LogP contribution in [0.2, 0.25) is 0 Å². The van der Waals surface area contributed by atoms with Gasteiger partial charge in [-0.05, 0) is 6.92 Å². The number of ether oxygens (including phenoxy) is 1. The van der Waals surface area contributed by atoms with E-state index in [9.17, 15) is 14.4 Å². The molecular formula is C9H9N5O5. The van der Waals surface area contributed by atoms with Crippen LogP contribution in [0.5, 0.6) is 0 Å². The third-order valence-corrected chi connectivity index (χ3v) is 1.92. The molecule has 0 spiro atoms. The second-order valence-corrected chi connectivity index (χ2v) is 3.02. The van der Waals surface area contributed by atoms with Gasteiger partial charge in [-0.2, -0.15) is 10.3 Å². The molecule has 0 saturated heterocycles. The molecule has 0 saturated carbocycles. The lowest BCUT2D eigenvalue weighted by atomic mass is 10.8. The first-order valence-corrected chi connectivity index (χ1v) is 5.05. The molecule has 1 aromatic rings. The fourth-order valence-electron chi connectivity index (χ4n) is 1.17.